The molecule has 4 rings (SSSR count). The summed E-state index contributed by atoms with van der Waals surface area (Å²) >= 11 is 0. The Hall–Kier alpha value is -4.37. The summed E-state index contributed by atoms with van der Waals surface area (Å²) in [7, 11) is 1.52. The van der Waals surface area contributed by atoms with Crippen molar-refractivity contribution in [2.75, 3.05) is 12.4 Å². The zero-order valence-electron chi connectivity index (χ0n) is 16.2. The van der Waals surface area contributed by atoms with Gasteiger partial charge in [-0.2, -0.15) is 5.26 Å². The molecule has 2 aromatic heterocycles. The summed E-state index contributed by atoms with van der Waals surface area (Å²) in [4.78, 5) is 17.5. The van der Waals surface area contributed by atoms with Crippen molar-refractivity contribution in [1.29, 1.82) is 5.26 Å². The van der Waals surface area contributed by atoms with E-state index in [0.717, 1.165) is 11.2 Å². The molecule has 0 aliphatic heterocycles. The van der Waals surface area contributed by atoms with Crippen LogP contribution in [-0.2, 0) is 4.79 Å². The van der Waals surface area contributed by atoms with Gasteiger partial charge in [-0.3, -0.25) is 9.20 Å². The van der Waals surface area contributed by atoms with E-state index in [9.17, 15) is 10.1 Å². The van der Waals surface area contributed by atoms with Gasteiger partial charge in [0.05, 0.1) is 24.2 Å². The smallest absolute Gasteiger partial charge is 0.266 e. The van der Waals surface area contributed by atoms with E-state index in [1.165, 1.54) is 7.11 Å². The number of fused-ring (bicyclic) bond motifs is 1. The number of carbonyl (C=O) groups is 1. The summed E-state index contributed by atoms with van der Waals surface area (Å²) in [6.07, 6.45) is 3.42. The lowest BCUT2D eigenvalue weighted by Gasteiger charge is -2.09. The van der Waals surface area contributed by atoms with Crippen molar-refractivity contribution in [2.24, 2.45) is 0 Å². The van der Waals surface area contributed by atoms with E-state index in [1.54, 1.807) is 30.3 Å². The highest BCUT2D eigenvalue weighted by Crippen LogP contribution is 2.27. The lowest BCUT2D eigenvalue weighted by Crippen LogP contribution is -2.14. The molecule has 2 aromatic carbocycles. The number of anilines is 1. The molecule has 0 aliphatic carbocycles. The Morgan fingerprint density at radius 2 is 1.80 bits per heavy atom. The molecule has 0 spiro atoms. The van der Waals surface area contributed by atoms with Crippen molar-refractivity contribution < 1.29 is 9.53 Å². The third kappa shape index (κ3) is 3.64. The van der Waals surface area contributed by atoms with E-state index in [-0.39, 0.29) is 5.57 Å². The first-order valence-electron chi connectivity index (χ1n) is 9.30. The Bertz CT molecular complexity index is 1280. The summed E-state index contributed by atoms with van der Waals surface area (Å²) in [6.45, 7) is 0. The fourth-order valence-corrected chi connectivity index (χ4v) is 3.18. The minimum absolute atomic E-state index is 0.0382. The average molecular weight is 394 g/mol. The number of methoxy groups -OCH3 is 1. The number of hydrogen-bond acceptors (Lipinski definition) is 4. The van der Waals surface area contributed by atoms with E-state index in [4.69, 9.17) is 9.72 Å². The van der Waals surface area contributed by atoms with Crippen LogP contribution < -0.4 is 10.1 Å². The van der Waals surface area contributed by atoms with Crippen LogP contribution >= 0.6 is 0 Å². The van der Waals surface area contributed by atoms with Gasteiger partial charge in [-0.05, 0) is 30.3 Å². The first-order valence-corrected chi connectivity index (χ1v) is 9.30. The lowest BCUT2D eigenvalue weighted by atomic mass is 10.1. The molecule has 30 heavy (non-hydrogen) atoms. The van der Waals surface area contributed by atoms with Crippen LogP contribution in [0.15, 0.2) is 84.6 Å². The van der Waals surface area contributed by atoms with Gasteiger partial charge >= 0.3 is 0 Å². The highest BCUT2D eigenvalue weighted by Gasteiger charge is 2.17. The monoisotopic (exact) mass is 394 g/mol. The van der Waals surface area contributed by atoms with Crippen molar-refractivity contribution in [3.8, 4) is 23.1 Å². The number of carbonyl (C=O) groups excluding carboxylic acids is 1. The topological polar surface area (TPSA) is 79.4 Å². The van der Waals surface area contributed by atoms with Crippen LogP contribution in [0.5, 0.6) is 5.75 Å². The molecule has 146 valence electrons. The van der Waals surface area contributed by atoms with Crippen LogP contribution in [0.2, 0.25) is 0 Å². The summed E-state index contributed by atoms with van der Waals surface area (Å²) in [5.41, 5.74) is 3.43. The van der Waals surface area contributed by atoms with Crippen LogP contribution in [0.25, 0.3) is 23.0 Å². The number of nitrogens with one attached hydrogen (secondary N) is 1. The molecule has 6 heteroatoms. The molecule has 0 atom stereocenters. The fourth-order valence-electron chi connectivity index (χ4n) is 3.18. The van der Waals surface area contributed by atoms with Gasteiger partial charge in [0.2, 0.25) is 0 Å². The van der Waals surface area contributed by atoms with E-state index in [0.29, 0.717) is 22.8 Å². The zero-order valence-corrected chi connectivity index (χ0v) is 16.2. The fraction of sp³-hybridized carbons (Fsp3) is 0.0417. The van der Waals surface area contributed by atoms with Crippen molar-refractivity contribution in [3.63, 3.8) is 0 Å². The van der Waals surface area contributed by atoms with Gasteiger partial charge in [0.1, 0.15) is 23.0 Å². The summed E-state index contributed by atoms with van der Waals surface area (Å²) in [5, 5.41) is 12.4. The Labute approximate surface area is 173 Å². The van der Waals surface area contributed by atoms with Gasteiger partial charge in [-0.1, -0.05) is 48.5 Å². The summed E-state index contributed by atoms with van der Waals surface area (Å²) in [5.74, 6) is -0.00481. The maximum absolute atomic E-state index is 12.8. The first-order chi connectivity index (χ1) is 14.7. The Morgan fingerprint density at radius 3 is 2.57 bits per heavy atom. The number of nitrogens with zero attached hydrogens (tertiary/aromatic N) is 3. The molecule has 1 N–H and O–H groups in total. The first kappa shape index (κ1) is 19.0. The molecule has 0 bridgehead atoms. The number of aromatic nitrogens is 2. The van der Waals surface area contributed by atoms with Crippen LogP contribution in [0, 0.1) is 11.3 Å². The zero-order chi connectivity index (χ0) is 20.9. The minimum atomic E-state index is -0.521. The maximum atomic E-state index is 12.8. The van der Waals surface area contributed by atoms with E-state index in [1.807, 2.05) is 65.2 Å². The number of ether oxygens (including phenoxy) is 1. The Balaban J connectivity index is 1.79. The van der Waals surface area contributed by atoms with Gasteiger partial charge in [-0.25, -0.2) is 4.98 Å². The molecule has 0 radical (unpaired) electrons. The average Bonchev–Trinajstić information content (AvgIpc) is 3.16. The van der Waals surface area contributed by atoms with Gasteiger partial charge in [0.25, 0.3) is 5.91 Å². The molecule has 0 fully saturated rings. The summed E-state index contributed by atoms with van der Waals surface area (Å²) < 4.78 is 7.13. The number of hydrogen-bond donors (Lipinski definition) is 1. The van der Waals surface area contributed by atoms with Crippen molar-refractivity contribution in [3.05, 3.63) is 90.3 Å². The van der Waals surface area contributed by atoms with Crippen molar-refractivity contribution in [1.82, 2.24) is 9.38 Å². The molecule has 6 nitrogen and oxygen atoms in total. The van der Waals surface area contributed by atoms with E-state index < -0.39 is 5.91 Å². The second kappa shape index (κ2) is 8.33. The van der Waals surface area contributed by atoms with Crippen LogP contribution in [-0.4, -0.2) is 22.4 Å². The molecule has 0 unspecified atom stereocenters. The minimum Gasteiger partial charge on any atom is -0.495 e. The Kier molecular flexibility index (Phi) is 5.27. The van der Waals surface area contributed by atoms with E-state index in [2.05, 4.69) is 5.32 Å². The predicted octanol–water partition coefficient (Wildman–Crippen LogP) is 4.56. The number of nitriles is 1. The highest BCUT2D eigenvalue weighted by molar-refractivity contribution is 6.10. The van der Waals surface area contributed by atoms with E-state index >= 15 is 0 Å². The number of rotatable bonds is 5. The second-order valence-corrected chi connectivity index (χ2v) is 6.46. The molecule has 0 saturated heterocycles. The number of benzene rings is 2. The SMILES string of the molecule is COc1ccccc1NC(=O)C(C#N)=Cc1c(-c2ccccc2)nc2ccccn12. The molecule has 4 aromatic rings. The van der Waals surface area contributed by atoms with Gasteiger partial charge < -0.3 is 10.1 Å². The van der Waals surface area contributed by atoms with Gasteiger partial charge in [0, 0.05) is 11.8 Å². The quantitative estimate of drug-likeness (QED) is 0.398. The van der Waals surface area contributed by atoms with Crippen molar-refractivity contribution >= 4 is 23.3 Å². The van der Waals surface area contributed by atoms with Crippen LogP contribution in [0.4, 0.5) is 5.69 Å². The molecule has 0 saturated carbocycles. The molecule has 2 heterocycles. The van der Waals surface area contributed by atoms with Crippen LogP contribution in [0.1, 0.15) is 5.69 Å². The standard InChI is InChI=1S/C24H18N4O2/c1-30-21-12-6-5-11-19(21)26-24(29)18(16-25)15-20-23(17-9-3-2-4-10-17)27-22-13-7-8-14-28(20)22/h2-15H,1H3,(H,26,29). The Morgan fingerprint density at radius 1 is 1.07 bits per heavy atom. The van der Waals surface area contributed by atoms with Crippen LogP contribution in [0.3, 0.4) is 0 Å². The normalized spacial score (nSPS) is 11.1. The van der Waals surface area contributed by atoms with Crippen molar-refractivity contribution in [2.45, 2.75) is 0 Å². The summed E-state index contributed by atoms with van der Waals surface area (Å²) in [6, 6.07) is 24.4. The number of imidazole rings is 1. The number of pyridine rings is 1. The third-order valence-corrected chi connectivity index (χ3v) is 4.62. The second-order valence-electron chi connectivity index (χ2n) is 6.46. The maximum Gasteiger partial charge on any atom is 0.266 e. The number of para-hydroxylation sites is 2. The third-order valence-electron chi connectivity index (χ3n) is 4.62. The van der Waals surface area contributed by atoms with Gasteiger partial charge in [0.15, 0.2) is 0 Å². The molecule has 1 amide bonds. The highest BCUT2D eigenvalue weighted by atomic mass is 16.5. The molecular formula is C24H18N4O2. The molecular weight excluding hydrogens is 376 g/mol. The predicted molar refractivity (Wildman–Crippen MR) is 116 cm³/mol. The van der Waals surface area contributed by atoms with Gasteiger partial charge in [-0.15, -0.1) is 0 Å². The lowest BCUT2D eigenvalue weighted by molar-refractivity contribution is -0.112. The number of amides is 1. The largest absolute Gasteiger partial charge is 0.495 e. The molecule has 0 aliphatic rings.